The van der Waals surface area contributed by atoms with Crippen LogP contribution in [-0.4, -0.2) is 115 Å². The fraction of sp³-hybridized carbons (Fsp3) is 1.00. The van der Waals surface area contributed by atoms with Crippen molar-refractivity contribution in [2.45, 2.75) is 61.4 Å². The van der Waals surface area contributed by atoms with E-state index < -0.39 is 74.6 Å². The van der Waals surface area contributed by atoms with Gasteiger partial charge in [-0.1, -0.05) is 0 Å². The molecule has 23 heavy (non-hydrogen) atoms. The Bertz CT molecular complexity index is 380. The zero-order valence-corrected chi connectivity index (χ0v) is 12.0. The lowest BCUT2D eigenvalue weighted by Crippen LogP contribution is -2.64. The fourth-order valence-electron chi connectivity index (χ4n) is 2.56. The number of hydrogen-bond donors (Lipinski definition) is 8. The van der Waals surface area contributed by atoms with Gasteiger partial charge in [-0.3, -0.25) is 0 Å². The zero-order chi connectivity index (χ0) is 17.3. The summed E-state index contributed by atoms with van der Waals surface area (Å²) < 4.78 is 15.1. The highest BCUT2D eigenvalue weighted by atomic mass is 16.7. The van der Waals surface area contributed by atoms with Crippen LogP contribution in [0.1, 0.15) is 0 Å². The van der Waals surface area contributed by atoms with Crippen molar-refractivity contribution in [1.82, 2.24) is 0 Å². The van der Waals surface area contributed by atoms with E-state index >= 15 is 0 Å². The molecule has 2 saturated heterocycles. The molecule has 0 radical (unpaired) electrons. The maximum atomic E-state index is 10.00. The minimum atomic E-state index is -1.76. The number of hydrogen-bond acceptors (Lipinski definition) is 11. The fourth-order valence-corrected chi connectivity index (χ4v) is 2.56. The first-order valence-electron chi connectivity index (χ1n) is 7.08. The summed E-state index contributed by atoms with van der Waals surface area (Å²) in [5.74, 6) is 0. The monoisotopic (exact) mass is 342 g/mol. The second-order valence-electron chi connectivity index (χ2n) is 5.53. The first-order valence-corrected chi connectivity index (χ1v) is 7.08. The van der Waals surface area contributed by atoms with Gasteiger partial charge in [0.2, 0.25) is 0 Å². The van der Waals surface area contributed by atoms with E-state index in [1.807, 2.05) is 0 Å². The van der Waals surface area contributed by atoms with E-state index in [0.717, 1.165) is 0 Å². The topological polar surface area (TPSA) is 190 Å². The summed E-state index contributed by atoms with van der Waals surface area (Å²) >= 11 is 0. The van der Waals surface area contributed by atoms with Crippen LogP contribution < -0.4 is 0 Å². The SMILES string of the molecule is OC[C@H]1OC(O[C@@H]2[C@@H](O)[C@H](O)O[C@H](CO)[C@H]2O)[C@H](O)[C@@H](O)[C@@H]1O. The van der Waals surface area contributed by atoms with Crippen LogP contribution >= 0.6 is 0 Å². The van der Waals surface area contributed by atoms with Crippen LogP contribution in [0.5, 0.6) is 0 Å². The van der Waals surface area contributed by atoms with E-state index in [0.29, 0.717) is 0 Å². The minimum Gasteiger partial charge on any atom is -0.394 e. The molecule has 2 heterocycles. The summed E-state index contributed by atoms with van der Waals surface area (Å²) in [5, 5.41) is 76.8. The van der Waals surface area contributed by atoms with Gasteiger partial charge in [-0.25, -0.2) is 0 Å². The number of aliphatic hydroxyl groups excluding tert-OH is 8. The van der Waals surface area contributed by atoms with E-state index in [9.17, 15) is 30.6 Å². The van der Waals surface area contributed by atoms with Gasteiger partial charge in [-0.15, -0.1) is 0 Å². The quantitative estimate of drug-likeness (QED) is 0.243. The molecule has 11 heteroatoms. The molecule has 0 spiro atoms. The third-order valence-electron chi connectivity index (χ3n) is 3.98. The Hall–Kier alpha value is -0.440. The molecule has 11 nitrogen and oxygen atoms in total. The van der Waals surface area contributed by atoms with Crippen molar-refractivity contribution in [3.63, 3.8) is 0 Å². The molecule has 0 aromatic carbocycles. The molecule has 0 amide bonds. The maximum Gasteiger partial charge on any atom is 0.187 e. The van der Waals surface area contributed by atoms with Crippen molar-refractivity contribution < 1.29 is 55.1 Å². The summed E-state index contributed by atoms with van der Waals surface area (Å²) in [6, 6.07) is 0. The first kappa shape index (κ1) is 18.9. The highest BCUT2D eigenvalue weighted by Gasteiger charge is 2.50. The largest absolute Gasteiger partial charge is 0.394 e. The highest BCUT2D eigenvalue weighted by Crippen LogP contribution is 2.28. The summed E-state index contributed by atoms with van der Waals surface area (Å²) in [6.07, 6.45) is -15.7. The Kier molecular flexibility index (Phi) is 6.27. The van der Waals surface area contributed by atoms with Crippen molar-refractivity contribution in [1.29, 1.82) is 0 Å². The van der Waals surface area contributed by atoms with Crippen LogP contribution in [0, 0.1) is 0 Å². The number of aliphatic hydroxyl groups is 8. The Labute approximate surface area is 130 Å². The molecular formula is C12H22O11. The van der Waals surface area contributed by atoms with Gasteiger partial charge in [-0.05, 0) is 0 Å². The Morgan fingerprint density at radius 1 is 0.652 bits per heavy atom. The van der Waals surface area contributed by atoms with Gasteiger partial charge in [0.15, 0.2) is 12.6 Å². The van der Waals surface area contributed by atoms with E-state index in [2.05, 4.69) is 0 Å². The van der Waals surface area contributed by atoms with Gasteiger partial charge in [0.05, 0.1) is 13.2 Å². The van der Waals surface area contributed by atoms with Crippen molar-refractivity contribution >= 4 is 0 Å². The van der Waals surface area contributed by atoms with Crippen LogP contribution in [0.25, 0.3) is 0 Å². The van der Waals surface area contributed by atoms with Crippen LogP contribution in [0.15, 0.2) is 0 Å². The highest BCUT2D eigenvalue weighted by molar-refractivity contribution is 4.93. The molecule has 0 saturated carbocycles. The summed E-state index contributed by atoms with van der Waals surface area (Å²) in [5.41, 5.74) is 0. The van der Waals surface area contributed by atoms with Crippen molar-refractivity contribution in [2.24, 2.45) is 0 Å². The molecule has 0 aliphatic carbocycles. The van der Waals surface area contributed by atoms with Crippen LogP contribution in [0.2, 0.25) is 0 Å². The molecule has 0 bridgehead atoms. The Balaban J connectivity index is 2.11. The van der Waals surface area contributed by atoms with Crippen LogP contribution in [0.4, 0.5) is 0 Å². The third-order valence-corrected chi connectivity index (χ3v) is 3.98. The lowest BCUT2D eigenvalue weighted by molar-refractivity contribution is -0.355. The van der Waals surface area contributed by atoms with E-state index in [1.54, 1.807) is 0 Å². The van der Waals surface area contributed by atoms with E-state index in [-0.39, 0.29) is 0 Å². The molecule has 2 fully saturated rings. The summed E-state index contributed by atoms with van der Waals surface area (Å²) in [4.78, 5) is 0. The molecule has 2 rings (SSSR count). The molecule has 8 N–H and O–H groups in total. The summed E-state index contributed by atoms with van der Waals surface area (Å²) in [6.45, 7) is -1.34. The zero-order valence-electron chi connectivity index (χ0n) is 12.0. The molecule has 136 valence electrons. The average Bonchev–Trinajstić information content (AvgIpc) is 2.54. The molecule has 0 aromatic heterocycles. The molecule has 10 atom stereocenters. The Morgan fingerprint density at radius 3 is 1.78 bits per heavy atom. The number of ether oxygens (including phenoxy) is 3. The predicted molar refractivity (Wildman–Crippen MR) is 68.6 cm³/mol. The third kappa shape index (κ3) is 3.65. The normalized spacial score (nSPS) is 51.7. The van der Waals surface area contributed by atoms with E-state index in [1.165, 1.54) is 0 Å². The molecule has 1 unspecified atom stereocenters. The maximum absolute atomic E-state index is 10.00. The predicted octanol–water partition coefficient (Wildman–Crippen LogP) is -5.40. The number of rotatable bonds is 4. The Morgan fingerprint density at radius 2 is 1.22 bits per heavy atom. The molecule has 2 aliphatic heterocycles. The average molecular weight is 342 g/mol. The lowest BCUT2D eigenvalue weighted by Gasteiger charge is -2.45. The standard InChI is InChI=1S/C12H22O11/c13-1-3-5(15)7(17)8(18)12(22-3)23-10-6(16)4(2-14)21-11(20)9(10)19/h3-20H,1-2H2/t3-,4-,5-,6-,7+,8-,9-,10+,11-,12?/m1/s1. The van der Waals surface area contributed by atoms with Gasteiger partial charge in [0, 0.05) is 0 Å². The van der Waals surface area contributed by atoms with Gasteiger partial charge < -0.3 is 55.1 Å². The van der Waals surface area contributed by atoms with Crippen LogP contribution in [0.3, 0.4) is 0 Å². The second-order valence-corrected chi connectivity index (χ2v) is 5.53. The molecule has 2 aliphatic rings. The summed E-state index contributed by atoms with van der Waals surface area (Å²) in [7, 11) is 0. The second kappa shape index (κ2) is 7.63. The van der Waals surface area contributed by atoms with Crippen molar-refractivity contribution in [2.75, 3.05) is 13.2 Å². The van der Waals surface area contributed by atoms with E-state index in [4.69, 9.17) is 24.4 Å². The van der Waals surface area contributed by atoms with Gasteiger partial charge in [0.1, 0.15) is 48.8 Å². The van der Waals surface area contributed by atoms with Gasteiger partial charge >= 0.3 is 0 Å². The smallest absolute Gasteiger partial charge is 0.187 e. The van der Waals surface area contributed by atoms with Crippen molar-refractivity contribution in [3.05, 3.63) is 0 Å². The van der Waals surface area contributed by atoms with Crippen LogP contribution in [-0.2, 0) is 14.2 Å². The minimum absolute atomic E-state index is 0.667. The van der Waals surface area contributed by atoms with Gasteiger partial charge in [-0.2, -0.15) is 0 Å². The van der Waals surface area contributed by atoms with Gasteiger partial charge in [0.25, 0.3) is 0 Å². The molecule has 0 aromatic rings. The van der Waals surface area contributed by atoms with Crippen molar-refractivity contribution in [3.8, 4) is 0 Å². The molecular weight excluding hydrogens is 320 g/mol. The first-order chi connectivity index (χ1) is 10.8. The lowest BCUT2D eigenvalue weighted by atomic mass is 9.97.